The number of ether oxygens (including phenoxy) is 2. The van der Waals surface area contributed by atoms with E-state index in [2.05, 4.69) is 4.74 Å². The summed E-state index contributed by atoms with van der Waals surface area (Å²) < 4.78 is 50.9. The number of alkyl halides is 3. The van der Waals surface area contributed by atoms with Crippen molar-refractivity contribution in [1.82, 2.24) is 4.57 Å². The van der Waals surface area contributed by atoms with Crippen LogP contribution in [0.15, 0.2) is 60.7 Å². The second-order valence-electron chi connectivity index (χ2n) is 9.81. The normalized spacial score (nSPS) is 16.9. The minimum Gasteiger partial charge on any atom is -0.478 e. The molecule has 1 aromatic heterocycles. The fourth-order valence-electron chi connectivity index (χ4n) is 5.22. The van der Waals surface area contributed by atoms with Crippen molar-refractivity contribution in [3.8, 4) is 11.5 Å². The van der Waals surface area contributed by atoms with E-state index in [1.165, 1.54) is 18.2 Å². The molecular formula is C30H25ClF3NO5. The summed E-state index contributed by atoms with van der Waals surface area (Å²) in [6, 6.07) is 15.8. The highest BCUT2D eigenvalue weighted by atomic mass is 35.5. The zero-order valence-electron chi connectivity index (χ0n) is 21.6. The zero-order chi connectivity index (χ0) is 28.8. The molecule has 0 bridgehead atoms. The Hall–Kier alpha value is -3.98. The molecule has 0 unspecified atom stereocenters. The topological polar surface area (TPSA) is 77.8 Å². The zero-order valence-corrected chi connectivity index (χ0v) is 22.4. The van der Waals surface area contributed by atoms with E-state index in [1.54, 1.807) is 48.7 Å². The Balaban J connectivity index is 1.60. The largest absolute Gasteiger partial charge is 0.573 e. The summed E-state index contributed by atoms with van der Waals surface area (Å²) >= 11 is 5.98. The number of hydrogen-bond donors (Lipinski definition) is 1. The van der Waals surface area contributed by atoms with Crippen LogP contribution in [-0.2, 0) is 17.8 Å². The predicted octanol–water partition coefficient (Wildman–Crippen LogP) is 7.34. The van der Waals surface area contributed by atoms with Crippen molar-refractivity contribution >= 4 is 34.3 Å². The fourth-order valence-corrected chi connectivity index (χ4v) is 5.35. The first kappa shape index (κ1) is 27.6. The number of rotatable bonds is 7. The van der Waals surface area contributed by atoms with Crippen molar-refractivity contribution in [2.75, 3.05) is 0 Å². The van der Waals surface area contributed by atoms with Gasteiger partial charge in [-0.1, -0.05) is 30.7 Å². The number of aromatic nitrogens is 1. The summed E-state index contributed by atoms with van der Waals surface area (Å²) in [5.41, 5.74) is 1.94. The molecule has 0 radical (unpaired) electrons. The lowest BCUT2D eigenvalue weighted by molar-refractivity contribution is -0.274. The van der Waals surface area contributed by atoms with E-state index in [1.807, 2.05) is 12.1 Å². The highest BCUT2D eigenvalue weighted by Crippen LogP contribution is 2.38. The number of aliphatic carboxylic acids is 1. The fraction of sp³-hybridized carbons (Fsp3) is 0.267. The van der Waals surface area contributed by atoms with Crippen LogP contribution in [0.4, 0.5) is 13.2 Å². The van der Waals surface area contributed by atoms with E-state index in [4.69, 9.17) is 16.3 Å². The third-order valence-corrected chi connectivity index (χ3v) is 7.65. The summed E-state index contributed by atoms with van der Waals surface area (Å²) in [5, 5.41) is 10.7. The van der Waals surface area contributed by atoms with E-state index >= 15 is 0 Å². The number of carboxylic acids is 1. The standard InChI is InChI=1S/C30H25ClF3NO5/c1-3-29(28(37)38)13-12-19-5-4-18(14-25(19)40-29)16-35-17(2)26(27(36)20-6-8-21(31)9-7-20)23-11-10-22(15-24(23)35)39-30(32,33)34/h4-11,14-15H,3,12-13,16H2,1-2H3,(H,37,38)/t29-/m1/s1. The molecule has 3 aromatic carbocycles. The van der Waals surface area contributed by atoms with Crippen molar-refractivity contribution in [1.29, 1.82) is 0 Å². The van der Waals surface area contributed by atoms with Gasteiger partial charge in [-0.2, -0.15) is 0 Å². The van der Waals surface area contributed by atoms with Gasteiger partial charge in [0.05, 0.1) is 11.1 Å². The molecule has 0 saturated carbocycles. The van der Waals surface area contributed by atoms with Gasteiger partial charge in [0.2, 0.25) is 5.60 Å². The minimum absolute atomic E-state index is 0.189. The van der Waals surface area contributed by atoms with Gasteiger partial charge in [0.25, 0.3) is 0 Å². The maximum atomic E-state index is 13.6. The number of carbonyl (C=O) groups is 2. The van der Waals surface area contributed by atoms with Gasteiger partial charge < -0.3 is 19.1 Å². The maximum Gasteiger partial charge on any atom is 0.573 e. The first-order valence-electron chi connectivity index (χ1n) is 12.6. The molecule has 1 atom stereocenters. The molecule has 0 spiro atoms. The van der Waals surface area contributed by atoms with Gasteiger partial charge in [0.1, 0.15) is 11.5 Å². The third-order valence-electron chi connectivity index (χ3n) is 7.40. The maximum absolute atomic E-state index is 13.6. The number of nitrogens with zero attached hydrogens (tertiary/aromatic N) is 1. The molecule has 6 nitrogen and oxygen atoms in total. The third kappa shape index (κ3) is 5.13. The van der Waals surface area contributed by atoms with Crippen LogP contribution < -0.4 is 9.47 Å². The van der Waals surface area contributed by atoms with Crippen molar-refractivity contribution in [2.24, 2.45) is 0 Å². The molecule has 1 aliphatic rings. The highest BCUT2D eigenvalue weighted by Gasteiger charge is 2.42. The molecular weight excluding hydrogens is 547 g/mol. The quantitative estimate of drug-likeness (QED) is 0.235. The van der Waals surface area contributed by atoms with Crippen molar-refractivity contribution in [2.45, 2.75) is 51.6 Å². The number of halogens is 4. The molecule has 0 fully saturated rings. The molecule has 10 heteroatoms. The SMILES string of the molecule is CC[C@]1(C(=O)O)CCc2ccc(Cn3c(C)c(C(=O)c4ccc(Cl)cc4)c4ccc(OC(F)(F)F)cc43)cc2O1. The number of ketones is 1. The number of hydrogen-bond acceptors (Lipinski definition) is 4. The molecule has 40 heavy (non-hydrogen) atoms. The molecule has 208 valence electrons. The van der Waals surface area contributed by atoms with Gasteiger partial charge in [-0.3, -0.25) is 4.79 Å². The highest BCUT2D eigenvalue weighted by molar-refractivity contribution is 6.30. The van der Waals surface area contributed by atoms with Crippen LogP contribution in [0, 0.1) is 6.92 Å². The lowest BCUT2D eigenvalue weighted by atomic mass is 9.88. The van der Waals surface area contributed by atoms with E-state index in [-0.39, 0.29) is 12.3 Å². The number of fused-ring (bicyclic) bond motifs is 2. The number of benzene rings is 3. The van der Waals surface area contributed by atoms with Crippen LogP contribution in [0.5, 0.6) is 11.5 Å². The van der Waals surface area contributed by atoms with Gasteiger partial charge in [-0.25, -0.2) is 4.79 Å². The first-order valence-corrected chi connectivity index (χ1v) is 13.0. The van der Waals surface area contributed by atoms with Crippen LogP contribution in [0.1, 0.15) is 52.5 Å². The Morgan fingerprint density at radius 2 is 1.82 bits per heavy atom. The molecule has 1 aliphatic heterocycles. The number of carboxylic acid groups (broad SMARTS) is 1. The van der Waals surface area contributed by atoms with Crippen LogP contribution in [0.3, 0.4) is 0 Å². The van der Waals surface area contributed by atoms with Crippen LogP contribution >= 0.6 is 11.6 Å². The Morgan fingerprint density at radius 1 is 1.10 bits per heavy atom. The Labute approximate surface area is 232 Å². The smallest absolute Gasteiger partial charge is 0.478 e. The molecule has 1 N–H and O–H groups in total. The second kappa shape index (κ2) is 10.2. The van der Waals surface area contributed by atoms with Crippen molar-refractivity contribution < 1.29 is 37.3 Å². The Bertz CT molecular complexity index is 1630. The predicted molar refractivity (Wildman–Crippen MR) is 143 cm³/mol. The average molecular weight is 572 g/mol. The van der Waals surface area contributed by atoms with Crippen LogP contribution in [-0.4, -0.2) is 33.4 Å². The van der Waals surface area contributed by atoms with Gasteiger partial charge in [0.15, 0.2) is 5.78 Å². The van der Waals surface area contributed by atoms with E-state index in [9.17, 15) is 27.9 Å². The van der Waals surface area contributed by atoms with Gasteiger partial charge >= 0.3 is 12.3 Å². The van der Waals surface area contributed by atoms with Crippen LogP contribution in [0.2, 0.25) is 5.02 Å². The number of carbonyl (C=O) groups excluding carboxylic acids is 1. The van der Waals surface area contributed by atoms with E-state index in [0.29, 0.717) is 57.8 Å². The van der Waals surface area contributed by atoms with Gasteiger partial charge in [0, 0.05) is 40.7 Å². The van der Waals surface area contributed by atoms with E-state index in [0.717, 1.165) is 11.1 Å². The van der Waals surface area contributed by atoms with Gasteiger partial charge in [-0.15, -0.1) is 13.2 Å². The molecule has 4 aromatic rings. The van der Waals surface area contributed by atoms with Gasteiger partial charge in [-0.05, 0) is 73.4 Å². The van der Waals surface area contributed by atoms with Crippen LogP contribution in [0.25, 0.3) is 10.9 Å². The lowest BCUT2D eigenvalue weighted by Gasteiger charge is -2.34. The Kier molecular flexibility index (Phi) is 7.04. The molecule has 0 aliphatic carbocycles. The monoisotopic (exact) mass is 571 g/mol. The van der Waals surface area contributed by atoms with Crippen molar-refractivity contribution in [3.63, 3.8) is 0 Å². The number of aryl methyl sites for hydroxylation is 1. The summed E-state index contributed by atoms with van der Waals surface area (Å²) in [5.74, 6) is -1.28. The molecule has 2 heterocycles. The summed E-state index contributed by atoms with van der Waals surface area (Å²) in [6.45, 7) is 3.68. The summed E-state index contributed by atoms with van der Waals surface area (Å²) in [6.07, 6.45) is -3.69. The molecule has 0 amide bonds. The van der Waals surface area contributed by atoms with Crippen molar-refractivity contribution in [3.05, 3.63) is 93.6 Å². The average Bonchev–Trinajstić information content (AvgIpc) is 3.17. The van der Waals surface area contributed by atoms with E-state index < -0.39 is 23.7 Å². The Morgan fingerprint density at radius 3 is 2.48 bits per heavy atom. The molecule has 0 saturated heterocycles. The summed E-state index contributed by atoms with van der Waals surface area (Å²) in [7, 11) is 0. The minimum atomic E-state index is -4.88. The second-order valence-corrected chi connectivity index (χ2v) is 10.2. The lowest BCUT2D eigenvalue weighted by Crippen LogP contribution is -2.46. The first-order chi connectivity index (χ1) is 18.9. The summed E-state index contributed by atoms with van der Waals surface area (Å²) in [4.78, 5) is 25.5. The molecule has 5 rings (SSSR count).